The van der Waals surface area contributed by atoms with Gasteiger partial charge < -0.3 is 4.90 Å². The van der Waals surface area contributed by atoms with Crippen LogP contribution in [0.4, 0.5) is 0 Å². The van der Waals surface area contributed by atoms with Crippen LogP contribution in [0.1, 0.15) is 20.1 Å². The number of hydrogen-bond donors (Lipinski definition) is 0. The standard InChI is InChI=1S/C12H10IN3O/c1-15-11(13)10-6-14-7-16(10)9-5-3-2-4-8(9)12(15)17/h2-7,11H,1H3. The molecule has 1 unspecified atom stereocenters. The Labute approximate surface area is 112 Å². The number of fused-ring (bicyclic) bond motifs is 3. The monoisotopic (exact) mass is 339 g/mol. The first-order chi connectivity index (χ1) is 8.20. The average Bonchev–Trinajstić information content (AvgIpc) is 2.82. The fourth-order valence-electron chi connectivity index (χ4n) is 2.04. The number of imidazole rings is 1. The molecule has 17 heavy (non-hydrogen) atoms. The first kappa shape index (κ1) is 10.8. The SMILES string of the molecule is CN1C(=O)c2ccccc2-n2cncc2C1I. The molecule has 0 saturated heterocycles. The van der Waals surface area contributed by atoms with E-state index in [9.17, 15) is 4.79 Å². The molecule has 1 amide bonds. The highest BCUT2D eigenvalue weighted by Crippen LogP contribution is 2.34. The Kier molecular flexibility index (Phi) is 2.43. The van der Waals surface area contributed by atoms with E-state index in [1.165, 1.54) is 0 Å². The van der Waals surface area contributed by atoms with Gasteiger partial charge in [-0.25, -0.2) is 4.98 Å². The van der Waals surface area contributed by atoms with Gasteiger partial charge in [-0.2, -0.15) is 0 Å². The summed E-state index contributed by atoms with van der Waals surface area (Å²) in [6.45, 7) is 0. The molecule has 0 bridgehead atoms. The van der Waals surface area contributed by atoms with Crippen molar-refractivity contribution in [2.45, 2.75) is 4.05 Å². The van der Waals surface area contributed by atoms with Gasteiger partial charge >= 0.3 is 0 Å². The van der Waals surface area contributed by atoms with Gasteiger partial charge in [0.25, 0.3) is 5.91 Å². The third-order valence-corrected chi connectivity index (χ3v) is 4.44. The lowest BCUT2D eigenvalue weighted by atomic mass is 10.1. The molecule has 4 nitrogen and oxygen atoms in total. The molecule has 0 fully saturated rings. The molecule has 0 spiro atoms. The number of aromatic nitrogens is 2. The summed E-state index contributed by atoms with van der Waals surface area (Å²) in [5.74, 6) is 0.0451. The lowest BCUT2D eigenvalue weighted by molar-refractivity contribution is 0.0790. The van der Waals surface area contributed by atoms with Crippen LogP contribution in [0.2, 0.25) is 0 Å². The predicted molar refractivity (Wildman–Crippen MR) is 72.4 cm³/mol. The molecule has 0 N–H and O–H groups in total. The van der Waals surface area contributed by atoms with Crippen LogP contribution in [-0.2, 0) is 0 Å². The van der Waals surface area contributed by atoms with Crippen LogP contribution in [0.3, 0.4) is 0 Å². The Morgan fingerprint density at radius 2 is 2.12 bits per heavy atom. The minimum Gasteiger partial charge on any atom is -0.324 e. The van der Waals surface area contributed by atoms with E-state index in [-0.39, 0.29) is 9.96 Å². The van der Waals surface area contributed by atoms with E-state index in [2.05, 4.69) is 27.6 Å². The van der Waals surface area contributed by atoms with E-state index in [1.54, 1.807) is 11.2 Å². The zero-order chi connectivity index (χ0) is 12.0. The molecule has 1 atom stereocenters. The first-order valence-corrected chi connectivity index (χ1v) is 6.47. The largest absolute Gasteiger partial charge is 0.324 e. The van der Waals surface area contributed by atoms with Crippen molar-refractivity contribution in [3.05, 3.63) is 48.0 Å². The number of para-hydroxylation sites is 1. The molecule has 0 aliphatic carbocycles. The maximum atomic E-state index is 12.3. The van der Waals surface area contributed by atoms with Crippen LogP contribution in [-0.4, -0.2) is 27.4 Å². The summed E-state index contributed by atoms with van der Waals surface area (Å²) in [5.41, 5.74) is 2.64. The van der Waals surface area contributed by atoms with Gasteiger partial charge in [-0.05, 0) is 12.1 Å². The minimum atomic E-state index is -0.00463. The van der Waals surface area contributed by atoms with Gasteiger partial charge in [0.2, 0.25) is 0 Å². The zero-order valence-corrected chi connectivity index (χ0v) is 11.3. The number of halogens is 1. The fourth-order valence-corrected chi connectivity index (χ4v) is 2.75. The van der Waals surface area contributed by atoms with Crippen molar-refractivity contribution in [3.63, 3.8) is 0 Å². The first-order valence-electron chi connectivity index (χ1n) is 5.23. The van der Waals surface area contributed by atoms with E-state index in [0.717, 1.165) is 11.4 Å². The molecule has 1 aliphatic heterocycles. The van der Waals surface area contributed by atoms with Crippen molar-refractivity contribution in [1.82, 2.24) is 14.5 Å². The maximum Gasteiger partial charge on any atom is 0.256 e. The third-order valence-electron chi connectivity index (χ3n) is 2.97. The number of nitrogens with zero attached hydrogens (tertiary/aromatic N) is 3. The fraction of sp³-hybridized carbons (Fsp3) is 0.167. The van der Waals surface area contributed by atoms with Gasteiger partial charge in [0.15, 0.2) is 0 Å². The van der Waals surface area contributed by atoms with E-state index >= 15 is 0 Å². The molecular formula is C12H10IN3O. The molecule has 86 valence electrons. The molecule has 1 aromatic heterocycles. The number of alkyl halides is 1. The second-order valence-electron chi connectivity index (χ2n) is 3.96. The van der Waals surface area contributed by atoms with E-state index in [0.29, 0.717) is 5.56 Å². The van der Waals surface area contributed by atoms with Crippen molar-refractivity contribution in [2.75, 3.05) is 7.05 Å². The van der Waals surface area contributed by atoms with E-state index in [4.69, 9.17) is 0 Å². The average molecular weight is 339 g/mol. The van der Waals surface area contributed by atoms with Crippen LogP contribution in [0, 0.1) is 0 Å². The summed E-state index contributed by atoms with van der Waals surface area (Å²) in [6, 6.07) is 7.62. The second-order valence-corrected chi connectivity index (χ2v) is 5.14. The van der Waals surface area contributed by atoms with Crippen LogP contribution >= 0.6 is 22.6 Å². The number of carbonyl (C=O) groups is 1. The smallest absolute Gasteiger partial charge is 0.256 e. The van der Waals surface area contributed by atoms with Crippen molar-refractivity contribution in [1.29, 1.82) is 0 Å². The maximum absolute atomic E-state index is 12.3. The van der Waals surface area contributed by atoms with Crippen LogP contribution < -0.4 is 0 Å². The summed E-state index contributed by atoms with van der Waals surface area (Å²) >= 11 is 2.25. The highest BCUT2D eigenvalue weighted by Gasteiger charge is 2.29. The van der Waals surface area contributed by atoms with Gasteiger partial charge in [0, 0.05) is 7.05 Å². The molecule has 0 saturated carbocycles. The van der Waals surface area contributed by atoms with Crippen molar-refractivity contribution >= 4 is 28.5 Å². The van der Waals surface area contributed by atoms with Crippen molar-refractivity contribution in [2.24, 2.45) is 0 Å². The summed E-state index contributed by atoms with van der Waals surface area (Å²) < 4.78 is 1.98. The topological polar surface area (TPSA) is 38.1 Å². The molecule has 3 rings (SSSR count). The van der Waals surface area contributed by atoms with E-state index < -0.39 is 0 Å². The number of rotatable bonds is 0. The summed E-state index contributed by atoms with van der Waals surface area (Å²) in [5, 5.41) is 0. The lowest BCUT2D eigenvalue weighted by Crippen LogP contribution is -2.26. The number of amides is 1. The normalized spacial score (nSPS) is 18.6. The van der Waals surface area contributed by atoms with Crippen molar-refractivity contribution < 1.29 is 4.79 Å². The lowest BCUT2D eigenvalue weighted by Gasteiger charge is -2.20. The summed E-state index contributed by atoms with van der Waals surface area (Å²) in [4.78, 5) is 18.2. The summed E-state index contributed by atoms with van der Waals surface area (Å²) in [6.07, 6.45) is 3.56. The highest BCUT2D eigenvalue weighted by atomic mass is 127. The van der Waals surface area contributed by atoms with Crippen LogP contribution in [0.15, 0.2) is 36.8 Å². The highest BCUT2D eigenvalue weighted by molar-refractivity contribution is 14.1. The molecule has 1 aliphatic rings. The third kappa shape index (κ3) is 1.49. The summed E-state index contributed by atoms with van der Waals surface area (Å²) in [7, 11) is 1.82. The van der Waals surface area contributed by atoms with E-state index in [1.807, 2.05) is 42.1 Å². The Morgan fingerprint density at radius 3 is 2.94 bits per heavy atom. The zero-order valence-electron chi connectivity index (χ0n) is 9.17. The van der Waals surface area contributed by atoms with Gasteiger partial charge in [-0.1, -0.05) is 34.7 Å². The van der Waals surface area contributed by atoms with Gasteiger partial charge in [-0.15, -0.1) is 0 Å². The molecule has 2 aromatic rings. The quantitative estimate of drug-likeness (QED) is 0.420. The number of benzene rings is 1. The molecule has 1 aromatic carbocycles. The molecule has 5 heteroatoms. The van der Waals surface area contributed by atoms with Gasteiger partial charge in [0.1, 0.15) is 4.05 Å². The Morgan fingerprint density at radius 1 is 1.35 bits per heavy atom. The molecular weight excluding hydrogens is 329 g/mol. The number of hydrogen-bond acceptors (Lipinski definition) is 2. The Balaban J connectivity index is 2.34. The van der Waals surface area contributed by atoms with Crippen molar-refractivity contribution in [3.8, 4) is 5.69 Å². The molecule has 0 radical (unpaired) electrons. The van der Waals surface area contributed by atoms with Crippen LogP contribution in [0.5, 0.6) is 0 Å². The second kappa shape index (κ2) is 3.83. The molecule has 2 heterocycles. The Hall–Kier alpha value is -1.37. The Bertz CT molecular complexity index is 593. The van der Waals surface area contributed by atoms with Crippen LogP contribution in [0.25, 0.3) is 5.69 Å². The van der Waals surface area contributed by atoms with Gasteiger partial charge in [0.05, 0.1) is 29.5 Å². The minimum absolute atomic E-state index is 0.00463. The van der Waals surface area contributed by atoms with Gasteiger partial charge in [-0.3, -0.25) is 9.36 Å². The number of carbonyl (C=O) groups excluding carboxylic acids is 1. The predicted octanol–water partition coefficient (Wildman–Crippen LogP) is 2.39.